The van der Waals surface area contributed by atoms with E-state index in [2.05, 4.69) is 27.6 Å². The minimum Gasteiger partial charge on any atom is -0.495 e. The molecular weight excluding hydrogens is 305 g/mol. The summed E-state index contributed by atoms with van der Waals surface area (Å²) in [4.78, 5) is 15.1. The lowest BCUT2D eigenvalue weighted by atomic mass is 10.2. The van der Waals surface area contributed by atoms with Crippen molar-refractivity contribution in [3.8, 4) is 5.75 Å². The van der Waals surface area contributed by atoms with Gasteiger partial charge in [-0.3, -0.25) is 4.79 Å². The van der Waals surface area contributed by atoms with Crippen LogP contribution in [0.4, 0.5) is 0 Å². The Hall–Kier alpha value is -1.04. The fraction of sp³-hybridized carbons (Fsp3) is 0.182. The van der Waals surface area contributed by atoms with E-state index >= 15 is 0 Å². The Labute approximate surface area is 101 Å². The Bertz CT molecular complexity index is 575. The minimum absolute atomic E-state index is 0.0563. The molecule has 1 aromatic carbocycles. The van der Waals surface area contributed by atoms with E-state index < -0.39 is 0 Å². The van der Waals surface area contributed by atoms with E-state index in [0.717, 1.165) is 14.8 Å². The molecule has 1 heterocycles. The number of halogens is 1. The number of ether oxygens (including phenoxy) is 1. The molecule has 2 aromatic rings. The van der Waals surface area contributed by atoms with Crippen molar-refractivity contribution in [2.75, 3.05) is 7.11 Å². The first-order valence-corrected chi connectivity index (χ1v) is 5.58. The Balaban J connectivity index is 2.98. The highest BCUT2D eigenvalue weighted by Crippen LogP contribution is 2.22. The molecule has 0 atom stereocenters. The number of aromatic amines is 1. The lowest BCUT2D eigenvalue weighted by Crippen LogP contribution is -2.10. The summed E-state index contributed by atoms with van der Waals surface area (Å²) in [6.07, 6.45) is 0. The van der Waals surface area contributed by atoms with Gasteiger partial charge < -0.3 is 9.72 Å². The number of fused-ring (bicyclic) bond motifs is 1. The van der Waals surface area contributed by atoms with Gasteiger partial charge >= 0.3 is 0 Å². The number of aryl methyl sites for hydroxylation is 1. The summed E-state index contributed by atoms with van der Waals surface area (Å²) in [5, 5.41) is 0.671. The zero-order valence-corrected chi connectivity index (χ0v) is 10.6. The van der Waals surface area contributed by atoms with Crippen molar-refractivity contribution >= 4 is 33.5 Å². The SMILES string of the molecule is COc1cccc2c(=O)c(I)c(C)[nH]c12. The molecule has 0 aliphatic heterocycles. The van der Waals surface area contributed by atoms with Gasteiger partial charge in [0.05, 0.1) is 21.6 Å². The van der Waals surface area contributed by atoms with Crippen LogP contribution in [-0.2, 0) is 0 Å². The van der Waals surface area contributed by atoms with Crippen LogP contribution in [0.5, 0.6) is 5.75 Å². The number of benzene rings is 1. The summed E-state index contributed by atoms with van der Waals surface area (Å²) >= 11 is 2.06. The van der Waals surface area contributed by atoms with Crippen molar-refractivity contribution in [2.24, 2.45) is 0 Å². The van der Waals surface area contributed by atoms with Crippen molar-refractivity contribution in [1.29, 1.82) is 0 Å². The highest BCUT2D eigenvalue weighted by atomic mass is 127. The molecule has 0 saturated heterocycles. The van der Waals surface area contributed by atoms with Gasteiger partial charge in [0.25, 0.3) is 0 Å². The molecule has 4 heteroatoms. The third kappa shape index (κ3) is 1.62. The van der Waals surface area contributed by atoms with E-state index in [0.29, 0.717) is 11.1 Å². The van der Waals surface area contributed by atoms with Gasteiger partial charge in [-0.2, -0.15) is 0 Å². The van der Waals surface area contributed by atoms with E-state index in [-0.39, 0.29) is 5.43 Å². The molecule has 1 aromatic heterocycles. The maximum absolute atomic E-state index is 11.9. The van der Waals surface area contributed by atoms with Crippen LogP contribution in [0.25, 0.3) is 10.9 Å². The van der Waals surface area contributed by atoms with Crippen LogP contribution >= 0.6 is 22.6 Å². The number of H-pyrrole nitrogens is 1. The molecule has 78 valence electrons. The molecule has 0 spiro atoms. The lowest BCUT2D eigenvalue weighted by Gasteiger charge is -2.07. The number of aromatic nitrogens is 1. The Morgan fingerprint density at radius 1 is 1.40 bits per heavy atom. The molecule has 0 saturated carbocycles. The molecule has 0 aliphatic rings. The normalized spacial score (nSPS) is 10.6. The van der Waals surface area contributed by atoms with E-state index in [4.69, 9.17) is 4.74 Å². The van der Waals surface area contributed by atoms with Crippen LogP contribution in [0.15, 0.2) is 23.0 Å². The van der Waals surface area contributed by atoms with Crippen molar-refractivity contribution in [3.05, 3.63) is 37.7 Å². The van der Waals surface area contributed by atoms with Crippen LogP contribution in [-0.4, -0.2) is 12.1 Å². The maximum Gasteiger partial charge on any atom is 0.203 e. The molecular formula is C11H10INO2. The molecule has 15 heavy (non-hydrogen) atoms. The molecule has 3 nitrogen and oxygen atoms in total. The van der Waals surface area contributed by atoms with Crippen LogP contribution in [0.3, 0.4) is 0 Å². The van der Waals surface area contributed by atoms with Crippen molar-refractivity contribution < 1.29 is 4.74 Å². The summed E-state index contributed by atoms with van der Waals surface area (Å²) in [5.41, 5.74) is 1.70. The fourth-order valence-electron chi connectivity index (χ4n) is 1.55. The predicted octanol–water partition coefficient (Wildman–Crippen LogP) is 2.45. The third-order valence-electron chi connectivity index (χ3n) is 2.33. The number of nitrogens with one attached hydrogen (secondary N) is 1. The monoisotopic (exact) mass is 315 g/mol. The van der Waals surface area contributed by atoms with Gasteiger partial charge in [0, 0.05) is 5.69 Å². The Kier molecular flexibility index (Phi) is 2.68. The first-order valence-electron chi connectivity index (χ1n) is 4.50. The zero-order valence-electron chi connectivity index (χ0n) is 8.43. The molecule has 1 N–H and O–H groups in total. The standard InChI is InChI=1S/C11H10INO2/c1-6-9(12)11(14)7-4-3-5-8(15-2)10(7)13-6/h3-5H,1-2H3,(H,13,14). The third-order valence-corrected chi connectivity index (χ3v) is 3.63. The summed E-state index contributed by atoms with van der Waals surface area (Å²) in [7, 11) is 1.60. The summed E-state index contributed by atoms with van der Waals surface area (Å²) in [6.45, 7) is 1.88. The maximum atomic E-state index is 11.9. The van der Waals surface area contributed by atoms with Gasteiger partial charge in [0.1, 0.15) is 5.75 Å². The van der Waals surface area contributed by atoms with Gasteiger partial charge in [0.2, 0.25) is 5.43 Å². The number of para-hydroxylation sites is 1. The number of pyridine rings is 1. The molecule has 0 radical (unpaired) electrons. The summed E-state index contributed by atoms with van der Waals surface area (Å²) < 4.78 is 5.93. The summed E-state index contributed by atoms with van der Waals surface area (Å²) in [6, 6.07) is 5.46. The molecule has 0 amide bonds. The van der Waals surface area contributed by atoms with E-state index in [1.807, 2.05) is 19.1 Å². The molecule has 0 fully saturated rings. The van der Waals surface area contributed by atoms with Crippen molar-refractivity contribution in [3.63, 3.8) is 0 Å². The van der Waals surface area contributed by atoms with Gasteiger partial charge in [-0.25, -0.2) is 0 Å². The number of hydrogen-bond acceptors (Lipinski definition) is 2. The first kappa shape index (κ1) is 10.5. The second-order valence-electron chi connectivity index (χ2n) is 3.28. The topological polar surface area (TPSA) is 42.1 Å². The summed E-state index contributed by atoms with van der Waals surface area (Å²) in [5.74, 6) is 0.698. The Morgan fingerprint density at radius 2 is 2.13 bits per heavy atom. The minimum atomic E-state index is 0.0563. The second kappa shape index (κ2) is 3.84. The van der Waals surface area contributed by atoms with E-state index in [1.54, 1.807) is 13.2 Å². The van der Waals surface area contributed by atoms with E-state index in [1.165, 1.54) is 0 Å². The smallest absolute Gasteiger partial charge is 0.203 e. The zero-order chi connectivity index (χ0) is 11.0. The number of rotatable bonds is 1. The Morgan fingerprint density at radius 3 is 2.80 bits per heavy atom. The predicted molar refractivity (Wildman–Crippen MR) is 68.6 cm³/mol. The van der Waals surface area contributed by atoms with Crippen molar-refractivity contribution in [1.82, 2.24) is 4.98 Å². The van der Waals surface area contributed by atoms with Crippen LogP contribution < -0.4 is 10.2 Å². The average molecular weight is 315 g/mol. The van der Waals surface area contributed by atoms with Gasteiger partial charge in [-0.1, -0.05) is 6.07 Å². The first-order chi connectivity index (χ1) is 7.15. The van der Waals surface area contributed by atoms with Crippen LogP contribution in [0.1, 0.15) is 5.69 Å². The molecule has 2 rings (SSSR count). The number of methoxy groups -OCH3 is 1. The van der Waals surface area contributed by atoms with Gasteiger partial charge in [0.15, 0.2) is 0 Å². The van der Waals surface area contributed by atoms with Gasteiger partial charge in [-0.15, -0.1) is 0 Å². The average Bonchev–Trinajstić information content (AvgIpc) is 2.25. The molecule has 0 unspecified atom stereocenters. The quantitative estimate of drug-likeness (QED) is 0.822. The van der Waals surface area contributed by atoms with Crippen molar-refractivity contribution in [2.45, 2.75) is 6.92 Å². The molecule has 0 bridgehead atoms. The van der Waals surface area contributed by atoms with Gasteiger partial charge in [-0.05, 0) is 41.6 Å². The fourth-order valence-corrected chi connectivity index (χ4v) is 1.98. The highest BCUT2D eigenvalue weighted by molar-refractivity contribution is 14.1. The largest absolute Gasteiger partial charge is 0.495 e. The second-order valence-corrected chi connectivity index (χ2v) is 4.35. The van der Waals surface area contributed by atoms with Crippen LogP contribution in [0.2, 0.25) is 0 Å². The highest BCUT2D eigenvalue weighted by Gasteiger charge is 2.09. The lowest BCUT2D eigenvalue weighted by molar-refractivity contribution is 0.419. The van der Waals surface area contributed by atoms with Crippen LogP contribution in [0, 0.1) is 10.5 Å². The number of hydrogen-bond donors (Lipinski definition) is 1. The van der Waals surface area contributed by atoms with E-state index in [9.17, 15) is 4.79 Å². The molecule has 0 aliphatic carbocycles.